The van der Waals surface area contributed by atoms with Crippen molar-refractivity contribution in [1.82, 2.24) is 10.2 Å². The van der Waals surface area contributed by atoms with E-state index >= 15 is 0 Å². The molecule has 1 N–H and O–H groups in total. The molecule has 0 aromatic heterocycles. The molecule has 3 nitrogen and oxygen atoms in total. The number of nitrogens with one attached hydrogen (secondary N) is 1. The van der Waals surface area contributed by atoms with Crippen LogP contribution in [0.1, 0.15) is 40.5 Å². The number of guanidine groups is 1. The second-order valence-corrected chi connectivity index (χ2v) is 7.88. The van der Waals surface area contributed by atoms with Crippen LogP contribution in [0, 0.1) is 0 Å². The van der Waals surface area contributed by atoms with Crippen molar-refractivity contribution in [3.63, 3.8) is 0 Å². The minimum absolute atomic E-state index is 0.220. The predicted molar refractivity (Wildman–Crippen MR) is 103 cm³/mol. The van der Waals surface area contributed by atoms with Crippen LogP contribution in [-0.2, 0) is 0 Å². The molecular formula is C20H19Cl2N3. The lowest BCUT2D eigenvalue weighted by Gasteiger charge is -2.49. The summed E-state index contributed by atoms with van der Waals surface area (Å²) in [6.45, 7) is 1.76. The summed E-state index contributed by atoms with van der Waals surface area (Å²) in [5.41, 5.74) is 5.21. The van der Waals surface area contributed by atoms with Gasteiger partial charge in [-0.3, -0.25) is 4.99 Å². The Morgan fingerprint density at radius 2 is 1.76 bits per heavy atom. The molecule has 128 valence electrons. The maximum absolute atomic E-state index is 6.67. The molecule has 3 unspecified atom stereocenters. The van der Waals surface area contributed by atoms with Gasteiger partial charge in [-0.25, -0.2) is 0 Å². The zero-order valence-electron chi connectivity index (χ0n) is 14.0. The van der Waals surface area contributed by atoms with Gasteiger partial charge in [-0.1, -0.05) is 47.5 Å². The van der Waals surface area contributed by atoms with E-state index in [0.717, 1.165) is 35.5 Å². The Labute approximate surface area is 157 Å². The maximum atomic E-state index is 6.67. The molecule has 6 rings (SSSR count). The lowest BCUT2D eigenvalue weighted by atomic mass is 9.61. The molecule has 0 saturated carbocycles. The van der Waals surface area contributed by atoms with E-state index in [2.05, 4.69) is 46.5 Å². The highest BCUT2D eigenvalue weighted by Gasteiger charge is 2.47. The van der Waals surface area contributed by atoms with E-state index in [4.69, 9.17) is 23.2 Å². The van der Waals surface area contributed by atoms with Crippen molar-refractivity contribution in [3.8, 4) is 0 Å². The molecule has 2 aromatic carbocycles. The standard InChI is InChI=1S/C20H19Cl2N3/c1-25(20-23-8-9-24-20)16-10-13-11-4-2-7-15(22)18(11)19(16)12-5-3-6-14(21)17(12)13/h2-7,13,16,19H,8-10H2,1H3,(H,23,24). The Bertz CT molecular complexity index is 893. The Morgan fingerprint density at radius 3 is 2.48 bits per heavy atom. The number of hydrogen-bond donors (Lipinski definition) is 1. The molecule has 2 aromatic rings. The third-order valence-corrected chi connectivity index (χ3v) is 6.55. The summed E-state index contributed by atoms with van der Waals surface area (Å²) in [6, 6.07) is 12.9. The summed E-state index contributed by atoms with van der Waals surface area (Å²) in [5, 5.41) is 5.13. The third-order valence-electron chi connectivity index (χ3n) is 5.89. The Balaban J connectivity index is 1.70. The topological polar surface area (TPSA) is 27.6 Å². The lowest BCUT2D eigenvalue weighted by Crippen LogP contribution is -2.50. The fourth-order valence-corrected chi connectivity index (χ4v) is 5.48. The molecule has 1 heterocycles. The van der Waals surface area contributed by atoms with Crippen LogP contribution in [0.25, 0.3) is 0 Å². The zero-order chi connectivity index (χ0) is 17.1. The van der Waals surface area contributed by atoms with E-state index in [1.165, 1.54) is 22.3 Å². The first-order valence-corrected chi connectivity index (χ1v) is 9.50. The number of hydrogen-bond acceptors (Lipinski definition) is 3. The number of nitrogens with zero attached hydrogens (tertiary/aromatic N) is 2. The van der Waals surface area contributed by atoms with E-state index < -0.39 is 0 Å². The van der Waals surface area contributed by atoms with Crippen molar-refractivity contribution < 1.29 is 0 Å². The van der Waals surface area contributed by atoms with Crippen LogP contribution in [0.2, 0.25) is 10.0 Å². The molecule has 4 aliphatic rings. The van der Waals surface area contributed by atoms with E-state index in [0.29, 0.717) is 6.04 Å². The van der Waals surface area contributed by atoms with Gasteiger partial charge < -0.3 is 10.2 Å². The number of likely N-dealkylation sites (N-methyl/N-ethyl adjacent to an activating group) is 1. The van der Waals surface area contributed by atoms with E-state index in [9.17, 15) is 0 Å². The van der Waals surface area contributed by atoms with Crippen molar-refractivity contribution >= 4 is 29.2 Å². The minimum Gasteiger partial charge on any atom is -0.354 e. The molecule has 0 spiro atoms. The first-order chi connectivity index (χ1) is 12.2. The van der Waals surface area contributed by atoms with Gasteiger partial charge in [0.25, 0.3) is 0 Å². The second kappa shape index (κ2) is 5.65. The molecule has 0 saturated heterocycles. The quantitative estimate of drug-likeness (QED) is 0.811. The van der Waals surface area contributed by atoms with E-state index in [1.807, 2.05) is 12.1 Å². The Hall–Kier alpha value is -1.71. The summed E-state index contributed by atoms with van der Waals surface area (Å²) >= 11 is 13.3. The van der Waals surface area contributed by atoms with Crippen molar-refractivity contribution in [3.05, 3.63) is 68.7 Å². The summed E-state index contributed by atoms with van der Waals surface area (Å²) in [6.07, 6.45) is 1.03. The van der Waals surface area contributed by atoms with Gasteiger partial charge in [0.1, 0.15) is 0 Å². The number of benzene rings is 2. The number of fused-ring (bicyclic) bond motifs is 1. The van der Waals surface area contributed by atoms with Crippen LogP contribution >= 0.6 is 23.2 Å². The molecular weight excluding hydrogens is 353 g/mol. The summed E-state index contributed by atoms with van der Waals surface area (Å²) in [7, 11) is 2.14. The third kappa shape index (κ3) is 2.15. The Kier molecular flexibility index (Phi) is 3.51. The van der Waals surface area contributed by atoms with Gasteiger partial charge in [-0.15, -0.1) is 0 Å². The molecule has 25 heavy (non-hydrogen) atoms. The van der Waals surface area contributed by atoms with Gasteiger partial charge >= 0.3 is 0 Å². The van der Waals surface area contributed by atoms with Gasteiger partial charge in [-0.05, 0) is 40.8 Å². The molecule has 3 atom stereocenters. The van der Waals surface area contributed by atoms with Crippen LogP contribution in [0.15, 0.2) is 41.4 Å². The molecule has 3 aliphatic carbocycles. The summed E-state index contributed by atoms with van der Waals surface area (Å²) in [4.78, 5) is 6.93. The van der Waals surface area contributed by atoms with Crippen molar-refractivity contribution in [1.29, 1.82) is 0 Å². The SMILES string of the molecule is CN(C1=NCCN1)C1CC2c3cccc(Cl)c3C1c1cccc(Cl)c12. The van der Waals surface area contributed by atoms with Crippen molar-refractivity contribution in [2.24, 2.45) is 4.99 Å². The number of rotatable bonds is 1. The normalized spacial score (nSPS) is 25.9. The first kappa shape index (κ1) is 15.5. The average molecular weight is 372 g/mol. The van der Waals surface area contributed by atoms with Gasteiger partial charge in [0, 0.05) is 41.5 Å². The van der Waals surface area contributed by atoms with Crippen LogP contribution in [0.3, 0.4) is 0 Å². The fraction of sp³-hybridized carbons (Fsp3) is 0.350. The molecule has 0 radical (unpaired) electrons. The van der Waals surface area contributed by atoms with Crippen LogP contribution < -0.4 is 5.32 Å². The maximum Gasteiger partial charge on any atom is 0.194 e. The predicted octanol–water partition coefficient (Wildman–Crippen LogP) is 4.23. The van der Waals surface area contributed by atoms with Gasteiger partial charge in [-0.2, -0.15) is 0 Å². The van der Waals surface area contributed by atoms with E-state index in [-0.39, 0.29) is 11.8 Å². The van der Waals surface area contributed by atoms with Crippen LogP contribution in [-0.4, -0.2) is 37.0 Å². The lowest BCUT2D eigenvalue weighted by molar-refractivity contribution is 0.269. The van der Waals surface area contributed by atoms with Gasteiger partial charge in [0.05, 0.1) is 6.54 Å². The first-order valence-electron chi connectivity index (χ1n) is 8.74. The largest absolute Gasteiger partial charge is 0.354 e. The fourth-order valence-electron chi connectivity index (χ4n) is 4.87. The molecule has 0 amide bonds. The highest BCUT2D eigenvalue weighted by atomic mass is 35.5. The van der Waals surface area contributed by atoms with Crippen molar-refractivity contribution in [2.75, 3.05) is 20.1 Å². The number of aliphatic imine (C=N–C) groups is 1. The molecule has 2 bridgehead atoms. The smallest absolute Gasteiger partial charge is 0.194 e. The Morgan fingerprint density at radius 1 is 1.04 bits per heavy atom. The van der Waals surface area contributed by atoms with Crippen LogP contribution in [0.4, 0.5) is 0 Å². The zero-order valence-corrected chi connectivity index (χ0v) is 15.5. The average Bonchev–Trinajstić information content (AvgIpc) is 3.16. The number of halogens is 2. The van der Waals surface area contributed by atoms with Gasteiger partial charge in [0.2, 0.25) is 0 Å². The minimum atomic E-state index is 0.220. The highest BCUT2D eigenvalue weighted by molar-refractivity contribution is 6.32. The van der Waals surface area contributed by atoms with Crippen molar-refractivity contribution in [2.45, 2.75) is 24.3 Å². The van der Waals surface area contributed by atoms with Crippen LogP contribution in [0.5, 0.6) is 0 Å². The molecule has 1 aliphatic heterocycles. The van der Waals surface area contributed by atoms with Gasteiger partial charge in [0.15, 0.2) is 5.96 Å². The van der Waals surface area contributed by atoms with E-state index in [1.54, 1.807) is 0 Å². The molecule has 0 fully saturated rings. The monoisotopic (exact) mass is 371 g/mol. The summed E-state index contributed by atoms with van der Waals surface area (Å²) in [5.74, 6) is 1.50. The second-order valence-electron chi connectivity index (χ2n) is 7.06. The molecule has 5 heteroatoms. The summed E-state index contributed by atoms with van der Waals surface area (Å²) < 4.78 is 0. The highest BCUT2D eigenvalue weighted by Crippen LogP contribution is 2.57.